The summed E-state index contributed by atoms with van der Waals surface area (Å²) in [7, 11) is 0. The van der Waals surface area contributed by atoms with E-state index in [9.17, 15) is 4.79 Å². The lowest BCUT2D eigenvalue weighted by Gasteiger charge is -2.15. The molecule has 0 unspecified atom stereocenters. The van der Waals surface area contributed by atoms with E-state index >= 15 is 0 Å². The van der Waals surface area contributed by atoms with Gasteiger partial charge in [-0.3, -0.25) is 4.79 Å². The van der Waals surface area contributed by atoms with E-state index < -0.39 is 0 Å². The van der Waals surface area contributed by atoms with E-state index in [1.165, 1.54) is 11.8 Å². The number of carbonyl (C=O) groups is 1. The monoisotopic (exact) mass is 396 g/mol. The molecule has 6 nitrogen and oxygen atoms in total. The number of benzene rings is 2. The first-order chi connectivity index (χ1) is 13.6. The van der Waals surface area contributed by atoms with Gasteiger partial charge < -0.3 is 14.6 Å². The Morgan fingerprint density at radius 3 is 2.57 bits per heavy atom. The second-order valence-corrected chi connectivity index (χ2v) is 7.25. The van der Waals surface area contributed by atoms with Gasteiger partial charge in [0.25, 0.3) is 0 Å². The molecule has 146 valence electrons. The van der Waals surface area contributed by atoms with Crippen molar-refractivity contribution in [3.05, 3.63) is 66.0 Å². The van der Waals surface area contributed by atoms with Gasteiger partial charge in [0.15, 0.2) is 17.1 Å². The van der Waals surface area contributed by atoms with Crippen LogP contribution < -0.4 is 10.1 Å². The number of amides is 1. The van der Waals surface area contributed by atoms with E-state index in [1.54, 1.807) is 0 Å². The van der Waals surface area contributed by atoms with Crippen molar-refractivity contribution in [1.29, 1.82) is 0 Å². The highest BCUT2D eigenvalue weighted by molar-refractivity contribution is 7.99. The fourth-order valence-electron chi connectivity index (χ4n) is 2.79. The summed E-state index contributed by atoms with van der Waals surface area (Å²) in [4.78, 5) is 12.3. The number of rotatable bonds is 8. The van der Waals surface area contributed by atoms with Gasteiger partial charge in [0.2, 0.25) is 5.91 Å². The minimum atomic E-state index is -0.245. The van der Waals surface area contributed by atoms with Crippen molar-refractivity contribution < 1.29 is 9.53 Å². The van der Waals surface area contributed by atoms with Crippen LogP contribution in [0.2, 0.25) is 0 Å². The molecule has 2 aromatic carbocycles. The molecule has 7 heteroatoms. The molecule has 0 aliphatic rings. The van der Waals surface area contributed by atoms with Crippen LogP contribution in [0.1, 0.15) is 31.3 Å². The van der Waals surface area contributed by atoms with Gasteiger partial charge in [0, 0.05) is 12.2 Å². The fourth-order valence-corrected chi connectivity index (χ4v) is 3.60. The van der Waals surface area contributed by atoms with Crippen LogP contribution in [0, 0.1) is 6.92 Å². The van der Waals surface area contributed by atoms with E-state index in [4.69, 9.17) is 4.74 Å². The number of para-hydroxylation sites is 2. The van der Waals surface area contributed by atoms with Gasteiger partial charge in [-0.2, -0.15) is 0 Å². The molecule has 0 bridgehead atoms. The zero-order valence-corrected chi connectivity index (χ0v) is 17.1. The summed E-state index contributed by atoms with van der Waals surface area (Å²) in [5.74, 6) is 1.72. The fraction of sp³-hybridized carbons (Fsp3) is 0.286. The normalized spacial score (nSPS) is 11.8. The third-order valence-electron chi connectivity index (χ3n) is 4.23. The van der Waals surface area contributed by atoms with Crippen LogP contribution in [0.25, 0.3) is 0 Å². The van der Waals surface area contributed by atoms with Crippen molar-refractivity contribution in [3.8, 4) is 5.75 Å². The Kier molecular flexibility index (Phi) is 6.71. The van der Waals surface area contributed by atoms with Gasteiger partial charge >= 0.3 is 0 Å². The number of aromatic nitrogens is 3. The second kappa shape index (κ2) is 9.41. The number of ether oxygens (including phenoxy) is 1. The Balaban J connectivity index is 1.63. The average molecular weight is 397 g/mol. The topological polar surface area (TPSA) is 69.0 Å². The highest BCUT2D eigenvalue weighted by Crippen LogP contribution is 2.24. The first-order valence-corrected chi connectivity index (χ1v) is 10.2. The minimum absolute atomic E-state index is 0.0694. The van der Waals surface area contributed by atoms with Crippen molar-refractivity contribution in [1.82, 2.24) is 14.8 Å². The summed E-state index contributed by atoms with van der Waals surface area (Å²) in [6.45, 7) is 6.64. The molecule has 0 saturated heterocycles. The maximum Gasteiger partial charge on any atom is 0.234 e. The summed E-state index contributed by atoms with van der Waals surface area (Å²) in [6, 6.07) is 17.4. The largest absolute Gasteiger partial charge is 0.483 e. The van der Waals surface area contributed by atoms with E-state index in [0.29, 0.717) is 11.7 Å². The minimum Gasteiger partial charge on any atom is -0.483 e. The lowest BCUT2D eigenvalue weighted by molar-refractivity contribution is -0.113. The summed E-state index contributed by atoms with van der Waals surface area (Å²) in [5.41, 5.74) is 1.86. The average Bonchev–Trinajstić information content (AvgIpc) is 3.12. The van der Waals surface area contributed by atoms with Crippen molar-refractivity contribution >= 4 is 23.4 Å². The molecule has 1 aromatic heterocycles. The highest BCUT2D eigenvalue weighted by Gasteiger charge is 2.19. The Morgan fingerprint density at radius 2 is 1.86 bits per heavy atom. The molecule has 1 heterocycles. The molecule has 3 rings (SSSR count). The summed E-state index contributed by atoms with van der Waals surface area (Å²) < 4.78 is 7.95. The van der Waals surface area contributed by atoms with Gasteiger partial charge in [0.1, 0.15) is 5.75 Å². The SMILES string of the molecule is CCn1c(SCC(=O)Nc2ccccc2C)nnc1[C@H](C)Oc1ccccc1. The molecular weight excluding hydrogens is 372 g/mol. The predicted molar refractivity (Wildman–Crippen MR) is 112 cm³/mol. The molecule has 0 aliphatic heterocycles. The number of hydrogen-bond acceptors (Lipinski definition) is 5. The smallest absolute Gasteiger partial charge is 0.234 e. The molecule has 0 radical (unpaired) electrons. The summed E-state index contributed by atoms with van der Waals surface area (Å²) in [5, 5.41) is 12.2. The van der Waals surface area contributed by atoms with Crippen LogP contribution in [0.4, 0.5) is 5.69 Å². The van der Waals surface area contributed by atoms with Crippen LogP contribution in [-0.4, -0.2) is 26.4 Å². The molecule has 3 aromatic rings. The number of aryl methyl sites for hydroxylation is 1. The number of anilines is 1. The Morgan fingerprint density at radius 1 is 1.14 bits per heavy atom. The van der Waals surface area contributed by atoms with Gasteiger partial charge in [-0.15, -0.1) is 10.2 Å². The molecule has 0 fully saturated rings. The number of carbonyl (C=O) groups excluding carboxylic acids is 1. The van der Waals surface area contributed by atoms with Gasteiger partial charge in [-0.1, -0.05) is 48.2 Å². The predicted octanol–water partition coefficient (Wildman–Crippen LogP) is 4.48. The van der Waals surface area contributed by atoms with Gasteiger partial charge in [-0.25, -0.2) is 0 Å². The van der Waals surface area contributed by atoms with Crippen molar-refractivity contribution in [2.24, 2.45) is 0 Å². The molecule has 1 amide bonds. The van der Waals surface area contributed by atoms with E-state index in [0.717, 1.165) is 22.8 Å². The van der Waals surface area contributed by atoms with Crippen molar-refractivity contribution in [2.45, 2.75) is 38.6 Å². The number of nitrogens with one attached hydrogen (secondary N) is 1. The van der Waals surface area contributed by atoms with Crippen LogP contribution in [0.5, 0.6) is 5.75 Å². The molecule has 1 atom stereocenters. The molecule has 0 saturated carbocycles. The lowest BCUT2D eigenvalue weighted by atomic mass is 10.2. The number of nitrogens with zero attached hydrogens (tertiary/aromatic N) is 3. The third kappa shape index (κ3) is 4.92. The molecule has 0 aliphatic carbocycles. The van der Waals surface area contributed by atoms with Crippen LogP contribution in [0.3, 0.4) is 0 Å². The standard InChI is InChI=1S/C21H24N4O2S/c1-4-25-20(16(3)27-17-11-6-5-7-12-17)23-24-21(25)28-14-19(26)22-18-13-9-8-10-15(18)2/h5-13,16H,4,14H2,1-3H3,(H,22,26)/t16-/m0/s1. The van der Waals surface area contributed by atoms with Crippen LogP contribution in [0.15, 0.2) is 59.8 Å². The van der Waals surface area contributed by atoms with Crippen molar-refractivity contribution in [3.63, 3.8) is 0 Å². The zero-order chi connectivity index (χ0) is 19.9. The van der Waals surface area contributed by atoms with Gasteiger partial charge in [0.05, 0.1) is 5.75 Å². The molecule has 1 N–H and O–H groups in total. The highest BCUT2D eigenvalue weighted by atomic mass is 32.2. The Hall–Kier alpha value is -2.80. The quantitative estimate of drug-likeness (QED) is 0.569. The molecule has 28 heavy (non-hydrogen) atoms. The summed E-state index contributed by atoms with van der Waals surface area (Å²) in [6.07, 6.45) is -0.245. The number of hydrogen-bond donors (Lipinski definition) is 1. The van der Waals surface area contributed by atoms with Crippen molar-refractivity contribution in [2.75, 3.05) is 11.1 Å². The Labute approximate surface area is 169 Å². The number of thioether (sulfide) groups is 1. The van der Waals surface area contributed by atoms with Crippen LogP contribution >= 0.6 is 11.8 Å². The van der Waals surface area contributed by atoms with E-state index in [2.05, 4.69) is 15.5 Å². The first-order valence-electron chi connectivity index (χ1n) is 9.21. The summed E-state index contributed by atoms with van der Waals surface area (Å²) >= 11 is 1.37. The molecular formula is C21H24N4O2S. The lowest BCUT2D eigenvalue weighted by Crippen LogP contribution is -2.16. The molecule has 0 spiro atoms. The van der Waals surface area contributed by atoms with Crippen LogP contribution in [-0.2, 0) is 11.3 Å². The maximum absolute atomic E-state index is 12.3. The van der Waals surface area contributed by atoms with E-state index in [1.807, 2.05) is 79.9 Å². The maximum atomic E-state index is 12.3. The third-order valence-corrected chi connectivity index (χ3v) is 5.20. The first kappa shape index (κ1) is 19.9. The van der Waals surface area contributed by atoms with E-state index in [-0.39, 0.29) is 17.8 Å². The second-order valence-electron chi connectivity index (χ2n) is 6.31. The van der Waals surface area contributed by atoms with Gasteiger partial charge in [-0.05, 0) is 44.5 Å². The Bertz CT molecular complexity index is 927. The zero-order valence-electron chi connectivity index (χ0n) is 16.3.